The molecule has 0 spiro atoms. The van der Waals surface area contributed by atoms with Gasteiger partial charge >= 0.3 is 98.8 Å². The van der Waals surface area contributed by atoms with Crippen LogP contribution in [0, 0.1) is 0 Å². The second-order valence-corrected chi connectivity index (χ2v) is 9.87. The quantitative estimate of drug-likeness (QED) is 0.763. The third-order valence-electron chi connectivity index (χ3n) is 2.34. The summed E-state index contributed by atoms with van der Waals surface area (Å²) in [5, 5.41) is 0. The Labute approximate surface area is 98.6 Å². The van der Waals surface area contributed by atoms with Crippen LogP contribution < -0.4 is 7.22 Å². The molecule has 0 atom stereocenters. The maximum absolute atomic E-state index is 2.32. The molecule has 0 aromatic heterocycles. The van der Waals surface area contributed by atoms with Crippen molar-refractivity contribution in [1.29, 1.82) is 0 Å². The van der Waals surface area contributed by atoms with Gasteiger partial charge in [0.15, 0.2) is 0 Å². The van der Waals surface area contributed by atoms with Gasteiger partial charge in [0.25, 0.3) is 0 Å². The minimum absolute atomic E-state index is 1.26. The van der Waals surface area contributed by atoms with Crippen molar-refractivity contribution < 1.29 is 0 Å². The fourth-order valence-electron chi connectivity index (χ4n) is 1.64. The van der Waals surface area contributed by atoms with Crippen molar-refractivity contribution in [3.8, 4) is 0 Å². The van der Waals surface area contributed by atoms with Crippen LogP contribution in [0.4, 0.5) is 0 Å². The molecule has 2 rings (SSSR count). The second kappa shape index (κ2) is 5.35. The Kier molecular flexibility index (Phi) is 3.83. The van der Waals surface area contributed by atoms with Crippen LogP contribution in [0.1, 0.15) is 6.92 Å². The molecule has 2 aromatic rings. The Hall–Kier alpha value is -0.770. The van der Waals surface area contributed by atoms with Crippen LogP contribution in [0.25, 0.3) is 0 Å². The molecule has 76 valence electrons. The minimum atomic E-state index is -1.26. The summed E-state index contributed by atoms with van der Waals surface area (Å²) in [6.45, 7) is 2.32. The van der Waals surface area contributed by atoms with Gasteiger partial charge < -0.3 is 0 Å². The first-order chi connectivity index (χ1) is 7.42. The molecule has 0 amide bonds. The zero-order valence-corrected chi connectivity index (χ0v) is 11.2. The zero-order valence-electron chi connectivity index (χ0n) is 8.89. The monoisotopic (exact) mass is 313 g/mol. The Bertz CT molecular complexity index is 355. The Morgan fingerprint density at radius 1 is 0.733 bits per heavy atom. The molecular formula is C14H15Te+. The summed E-state index contributed by atoms with van der Waals surface area (Å²) in [6, 6.07) is 22.0. The van der Waals surface area contributed by atoms with E-state index in [-0.39, 0.29) is 0 Å². The Balaban J connectivity index is 2.34. The molecule has 0 unspecified atom stereocenters. The van der Waals surface area contributed by atoms with Crippen molar-refractivity contribution in [1.82, 2.24) is 0 Å². The molecule has 0 radical (unpaired) electrons. The summed E-state index contributed by atoms with van der Waals surface area (Å²) >= 11 is -1.26. The van der Waals surface area contributed by atoms with Gasteiger partial charge in [-0.1, -0.05) is 0 Å². The van der Waals surface area contributed by atoms with Crippen LogP contribution in [0.15, 0.2) is 60.7 Å². The average molecular weight is 311 g/mol. The summed E-state index contributed by atoms with van der Waals surface area (Å²) in [5.74, 6) is 0. The van der Waals surface area contributed by atoms with Crippen molar-refractivity contribution >= 4 is 26.8 Å². The summed E-state index contributed by atoms with van der Waals surface area (Å²) < 4.78 is 4.47. The van der Waals surface area contributed by atoms with Crippen molar-refractivity contribution in [3.63, 3.8) is 0 Å². The molecule has 2 aromatic carbocycles. The number of benzene rings is 2. The molecule has 0 nitrogen and oxygen atoms in total. The molecule has 0 bridgehead atoms. The Morgan fingerprint density at radius 3 is 1.47 bits per heavy atom. The zero-order chi connectivity index (χ0) is 10.5. The van der Waals surface area contributed by atoms with E-state index in [2.05, 4.69) is 67.6 Å². The number of hydrogen-bond acceptors (Lipinski definition) is 0. The molecule has 1 heteroatoms. The van der Waals surface area contributed by atoms with Crippen molar-refractivity contribution in [2.24, 2.45) is 0 Å². The van der Waals surface area contributed by atoms with Gasteiger partial charge in [0.1, 0.15) is 0 Å². The SMILES string of the molecule is CC[Te+](c1ccccc1)c1ccccc1. The Morgan fingerprint density at radius 2 is 1.13 bits per heavy atom. The van der Waals surface area contributed by atoms with E-state index in [0.29, 0.717) is 0 Å². The van der Waals surface area contributed by atoms with Crippen LogP contribution in [0.2, 0.25) is 4.47 Å². The molecule has 0 aliphatic rings. The third-order valence-corrected chi connectivity index (χ3v) is 8.79. The first-order valence-electron chi connectivity index (χ1n) is 5.23. The van der Waals surface area contributed by atoms with Gasteiger partial charge in [-0.15, -0.1) is 0 Å². The molecular weight excluding hydrogens is 296 g/mol. The topological polar surface area (TPSA) is 0 Å². The fraction of sp³-hybridized carbons (Fsp3) is 0.143. The maximum atomic E-state index is 2.32. The van der Waals surface area contributed by atoms with E-state index in [4.69, 9.17) is 0 Å². The first-order valence-corrected chi connectivity index (χ1v) is 9.20. The van der Waals surface area contributed by atoms with E-state index < -0.39 is 19.6 Å². The molecule has 0 saturated carbocycles. The van der Waals surface area contributed by atoms with Gasteiger partial charge in [0.05, 0.1) is 0 Å². The van der Waals surface area contributed by atoms with E-state index in [9.17, 15) is 0 Å². The normalized spacial score (nSPS) is 10.5. The van der Waals surface area contributed by atoms with Gasteiger partial charge in [-0.25, -0.2) is 0 Å². The van der Waals surface area contributed by atoms with Gasteiger partial charge in [0, 0.05) is 0 Å². The molecule has 0 heterocycles. The van der Waals surface area contributed by atoms with Crippen LogP contribution in [-0.2, 0) is 0 Å². The molecule has 0 fully saturated rings. The van der Waals surface area contributed by atoms with Crippen LogP contribution in [-0.4, -0.2) is 19.6 Å². The van der Waals surface area contributed by atoms with E-state index in [1.165, 1.54) is 4.47 Å². The predicted octanol–water partition coefficient (Wildman–Crippen LogP) is 2.32. The van der Waals surface area contributed by atoms with E-state index in [0.717, 1.165) is 0 Å². The molecule has 0 saturated heterocycles. The second-order valence-electron chi connectivity index (χ2n) is 3.31. The van der Waals surface area contributed by atoms with Gasteiger partial charge in [0.2, 0.25) is 0 Å². The van der Waals surface area contributed by atoms with Crippen molar-refractivity contribution in [3.05, 3.63) is 60.7 Å². The van der Waals surface area contributed by atoms with Gasteiger partial charge in [-0.05, 0) is 0 Å². The van der Waals surface area contributed by atoms with Crippen molar-refractivity contribution in [2.75, 3.05) is 0 Å². The van der Waals surface area contributed by atoms with E-state index in [1.807, 2.05) is 0 Å². The van der Waals surface area contributed by atoms with E-state index in [1.54, 1.807) is 7.22 Å². The molecule has 0 aliphatic carbocycles. The standard InChI is InChI=1S/C14H15Te/c1-2-15(13-9-5-3-6-10-13)14-11-7-4-8-12-14/h3-12H,2H2,1H3/q+1. The summed E-state index contributed by atoms with van der Waals surface area (Å²) in [4.78, 5) is 0. The summed E-state index contributed by atoms with van der Waals surface area (Å²) in [6.07, 6.45) is 0. The summed E-state index contributed by atoms with van der Waals surface area (Å²) in [5.41, 5.74) is 0. The van der Waals surface area contributed by atoms with Crippen molar-refractivity contribution in [2.45, 2.75) is 11.4 Å². The average Bonchev–Trinajstić information content (AvgIpc) is 2.33. The van der Waals surface area contributed by atoms with Crippen LogP contribution >= 0.6 is 0 Å². The molecule has 0 aliphatic heterocycles. The molecule has 0 N–H and O–H groups in total. The van der Waals surface area contributed by atoms with Gasteiger partial charge in [-0.3, -0.25) is 0 Å². The number of rotatable bonds is 3. The summed E-state index contributed by atoms with van der Waals surface area (Å²) in [7, 11) is 0. The van der Waals surface area contributed by atoms with Crippen LogP contribution in [0.3, 0.4) is 0 Å². The third kappa shape index (κ3) is 2.62. The fourth-order valence-corrected chi connectivity index (χ4v) is 7.09. The van der Waals surface area contributed by atoms with E-state index >= 15 is 0 Å². The predicted molar refractivity (Wildman–Crippen MR) is 68.4 cm³/mol. The van der Waals surface area contributed by atoms with Crippen LogP contribution in [0.5, 0.6) is 0 Å². The van der Waals surface area contributed by atoms with Gasteiger partial charge in [-0.2, -0.15) is 0 Å². The number of hydrogen-bond donors (Lipinski definition) is 0. The molecule has 15 heavy (non-hydrogen) atoms. The first kappa shape index (κ1) is 10.7.